The third-order valence-electron chi connectivity index (χ3n) is 6.65. The van der Waals surface area contributed by atoms with Crippen LogP contribution in [0.4, 0.5) is 0 Å². The second-order valence-corrected chi connectivity index (χ2v) is 7.57. The molecule has 0 saturated carbocycles. The van der Waals surface area contributed by atoms with Crippen molar-refractivity contribution in [3.05, 3.63) is 35.4 Å². The Morgan fingerprint density at radius 3 is 3.12 bits per heavy atom. The Kier molecular flexibility index (Phi) is 2.32. The zero-order chi connectivity index (χ0) is 17.0. The first-order valence-corrected chi connectivity index (χ1v) is 8.69. The van der Waals surface area contributed by atoms with E-state index in [0.29, 0.717) is 18.2 Å². The van der Waals surface area contributed by atoms with Gasteiger partial charge in [0.1, 0.15) is 12.3 Å². The molecule has 6 rings (SSSR count). The molecule has 2 aliphatic carbocycles. The van der Waals surface area contributed by atoms with Crippen LogP contribution in [0.1, 0.15) is 24.5 Å². The summed E-state index contributed by atoms with van der Waals surface area (Å²) in [6, 6.07) is 4.02. The molecule has 6 heteroatoms. The molecule has 0 N–H and O–H groups in total. The minimum atomic E-state index is -0.606. The Morgan fingerprint density at radius 2 is 2.28 bits per heavy atom. The van der Waals surface area contributed by atoms with Crippen LogP contribution in [0.3, 0.4) is 0 Å². The number of carbonyl (C=O) groups is 2. The first-order chi connectivity index (χ1) is 12.1. The Morgan fingerprint density at radius 1 is 1.40 bits per heavy atom. The van der Waals surface area contributed by atoms with Crippen molar-refractivity contribution in [2.24, 2.45) is 0 Å². The molecule has 1 aromatic carbocycles. The number of carbonyl (C=O) groups excluding carboxylic acids is 2. The van der Waals surface area contributed by atoms with Crippen molar-refractivity contribution in [3.8, 4) is 11.5 Å². The Labute approximate surface area is 144 Å². The average molecular weight is 339 g/mol. The van der Waals surface area contributed by atoms with E-state index >= 15 is 0 Å². The lowest BCUT2D eigenvalue weighted by molar-refractivity contribution is -0.135. The average Bonchev–Trinajstić information content (AvgIpc) is 3.04. The smallest absolute Gasteiger partial charge is 0.308 e. The molecule has 5 aliphatic rings. The van der Waals surface area contributed by atoms with Crippen LogP contribution in [0.5, 0.6) is 11.5 Å². The molecular formula is C19H17NO5. The second kappa shape index (κ2) is 4.14. The van der Waals surface area contributed by atoms with Crippen LogP contribution < -0.4 is 9.47 Å². The SMILES string of the molecule is CC(=O)Oc1ccc2c3c1OC1C(=O)C=C[C@]45OCN(CC[C@]314)[C@@H]5C2. The topological polar surface area (TPSA) is 65.1 Å². The predicted octanol–water partition coefficient (Wildman–Crippen LogP) is 1.11. The van der Waals surface area contributed by atoms with Gasteiger partial charge in [-0.05, 0) is 36.6 Å². The van der Waals surface area contributed by atoms with E-state index in [1.165, 1.54) is 12.5 Å². The number of rotatable bonds is 1. The van der Waals surface area contributed by atoms with Gasteiger partial charge in [0.2, 0.25) is 0 Å². The highest BCUT2D eigenvalue weighted by molar-refractivity contribution is 5.99. The summed E-state index contributed by atoms with van der Waals surface area (Å²) in [5.41, 5.74) is 1.14. The maximum Gasteiger partial charge on any atom is 0.308 e. The molecule has 3 aliphatic heterocycles. The molecule has 2 saturated heterocycles. The normalized spacial score (nSPS) is 41.3. The summed E-state index contributed by atoms with van der Waals surface area (Å²) >= 11 is 0. The third-order valence-corrected chi connectivity index (χ3v) is 6.65. The van der Waals surface area contributed by atoms with Crippen LogP contribution in [0.2, 0.25) is 0 Å². The van der Waals surface area contributed by atoms with E-state index in [-0.39, 0.29) is 11.8 Å². The van der Waals surface area contributed by atoms with E-state index < -0.39 is 23.1 Å². The Hall–Kier alpha value is -2.18. The van der Waals surface area contributed by atoms with Gasteiger partial charge in [0.25, 0.3) is 0 Å². The molecule has 2 unspecified atom stereocenters. The van der Waals surface area contributed by atoms with Crippen molar-refractivity contribution in [2.75, 3.05) is 13.3 Å². The number of piperidine rings is 1. The number of esters is 1. The van der Waals surface area contributed by atoms with E-state index in [9.17, 15) is 9.59 Å². The van der Waals surface area contributed by atoms with Crippen molar-refractivity contribution >= 4 is 11.8 Å². The molecule has 0 amide bonds. The summed E-state index contributed by atoms with van der Waals surface area (Å²) in [5.74, 6) is 0.520. The molecule has 0 aromatic heterocycles. The fourth-order valence-electron chi connectivity index (χ4n) is 5.82. The Bertz CT molecular complexity index is 892. The molecular weight excluding hydrogens is 322 g/mol. The van der Waals surface area contributed by atoms with E-state index in [2.05, 4.69) is 4.90 Å². The first kappa shape index (κ1) is 14.0. The lowest BCUT2D eigenvalue weighted by atomic mass is 9.51. The molecule has 4 bridgehead atoms. The number of ether oxygens (including phenoxy) is 3. The summed E-state index contributed by atoms with van der Waals surface area (Å²) in [6.07, 6.45) is 4.63. The van der Waals surface area contributed by atoms with Crippen molar-refractivity contribution in [2.45, 2.75) is 42.9 Å². The van der Waals surface area contributed by atoms with Gasteiger partial charge in [-0.15, -0.1) is 0 Å². The van der Waals surface area contributed by atoms with Gasteiger partial charge in [-0.3, -0.25) is 14.5 Å². The summed E-state index contributed by atoms with van der Waals surface area (Å²) in [5, 5.41) is 0. The predicted molar refractivity (Wildman–Crippen MR) is 85.5 cm³/mol. The zero-order valence-corrected chi connectivity index (χ0v) is 13.8. The lowest BCUT2D eigenvalue weighted by Crippen LogP contribution is -2.71. The molecule has 3 heterocycles. The van der Waals surface area contributed by atoms with Gasteiger partial charge in [-0.25, -0.2) is 0 Å². The molecule has 128 valence electrons. The van der Waals surface area contributed by atoms with Crippen LogP contribution in [0.15, 0.2) is 24.3 Å². The number of hydrogen-bond acceptors (Lipinski definition) is 6. The van der Waals surface area contributed by atoms with Crippen molar-refractivity contribution < 1.29 is 23.8 Å². The monoisotopic (exact) mass is 339 g/mol. The van der Waals surface area contributed by atoms with E-state index in [4.69, 9.17) is 14.2 Å². The maximum atomic E-state index is 12.7. The number of nitrogens with zero attached hydrogens (tertiary/aromatic N) is 1. The molecule has 0 radical (unpaired) electrons. The number of benzene rings is 1. The molecule has 1 aromatic rings. The minimum Gasteiger partial charge on any atom is -0.477 e. The first-order valence-electron chi connectivity index (χ1n) is 8.69. The van der Waals surface area contributed by atoms with Crippen molar-refractivity contribution in [1.29, 1.82) is 0 Å². The van der Waals surface area contributed by atoms with Gasteiger partial charge >= 0.3 is 5.97 Å². The number of hydrogen-bond donors (Lipinski definition) is 0. The molecule has 25 heavy (non-hydrogen) atoms. The summed E-state index contributed by atoms with van der Waals surface area (Å²) < 4.78 is 17.9. The fraction of sp³-hybridized carbons (Fsp3) is 0.474. The van der Waals surface area contributed by atoms with Gasteiger partial charge in [0.15, 0.2) is 23.4 Å². The largest absolute Gasteiger partial charge is 0.477 e. The van der Waals surface area contributed by atoms with Crippen LogP contribution >= 0.6 is 0 Å². The van der Waals surface area contributed by atoms with Gasteiger partial charge < -0.3 is 14.2 Å². The van der Waals surface area contributed by atoms with E-state index in [1.807, 2.05) is 12.1 Å². The highest BCUT2D eigenvalue weighted by Crippen LogP contribution is 2.66. The summed E-state index contributed by atoms with van der Waals surface area (Å²) in [4.78, 5) is 26.6. The molecule has 6 nitrogen and oxygen atoms in total. The van der Waals surface area contributed by atoms with Gasteiger partial charge in [-0.2, -0.15) is 0 Å². The fourth-order valence-corrected chi connectivity index (χ4v) is 5.82. The molecule has 5 atom stereocenters. The third kappa shape index (κ3) is 1.35. The van der Waals surface area contributed by atoms with Crippen molar-refractivity contribution in [3.63, 3.8) is 0 Å². The molecule has 2 fully saturated rings. The van der Waals surface area contributed by atoms with Crippen molar-refractivity contribution in [1.82, 2.24) is 4.90 Å². The van der Waals surface area contributed by atoms with E-state index in [0.717, 1.165) is 24.9 Å². The van der Waals surface area contributed by atoms with Crippen LogP contribution in [-0.4, -0.2) is 47.7 Å². The minimum absolute atomic E-state index is 0.0360. The van der Waals surface area contributed by atoms with Crippen LogP contribution in [0, 0.1) is 0 Å². The molecule has 2 spiro atoms. The van der Waals surface area contributed by atoms with Gasteiger partial charge in [0, 0.05) is 25.1 Å². The second-order valence-electron chi connectivity index (χ2n) is 7.57. The number of ketones is 1. The summed E-state index contributed by atoms with van der Waals surface area (Å²) in [7, 11) is 0. The Balaban J connectivity index is 1.68. The van der Waals surface area contributed by atoms with Gasteiger partial charge in [0.05, 0.1) is 5.41 Å². The van der Waals surface area contributed by atoms with Crippen LogP contribution in [0.25, 0.3) is 0 Å². The quantitative estimate of drug-likeness (QED) is 0.564. The van der Waals surface area contributed by atoms with E-state index in [1.54, 1.807) is 12.1 Å². The highest BCUT2D eigenvalue weighted by atomic mass is 16.6. The highest BCUT2D eigenvalue weighted by Gasteiger charge is 2.75. The maximum absolute atomic E-state index is 12.7. The van der Waals surface area contributed by atoms with Gasteiger partial charge in [-0.1, -0.05) is 6.07 Å². The van der Waals surface area contributed by atoms with Crippen LogP contribution in [-0.2, 0) is 26.2 Å². The zero-order valence-electron chi connectivity index (χ0n) is 13.8. The summed E-state index contributed by atoms with van der Waals surface area (Å²) in [6.45, 7) is 2.83. The lowest BCUT2D eigenvalue weighted by Gasteiger charge is -2.57. The standard InChI is InChI=1S/C19H17NO5/c1-10(21)24-13-3-2-11-8-14-19-5-4-12(22)17-18(19,15(11)16(13)25-17)6-7-20(14)9-23-19/h2-5,14,17H,6-9H2,1H3/t14-,17?,18+,19-/m1/s1.